The number of hydrogen-bond donors (Lipinski definition) is 1. The molecule has 2 aliphatic rings. The van der Waals surface area contributed by atoms with Crippen molar-refractivity contribution in [3.63, 3.8) is 0 Å². The van der Waals surface area contributed by atoms with Crippen LogP contribution in [0.5, 0.6) is 0 Å². The quantitative estimate of drug-likeness (QED) is 0.808. The van der Waals surface area contributed by atoms with E-state index in [1.807, 2.05) is 0 Å². The Labute approximate surface area is 119 Å². The minimum Gasteiger partial charge on any atom is -0.381 e. The van der Waals surface area contributed by atoms with Crippen LogP contribution in [0.15, 0.2) is 0 Å². The second-order valence-corrected chi connectivity index (χ2v) is 6.56. The van der Waals surface area contributed by atoms with Crippen LogP contribution in [0.25, 0.3) is 0 Å². The van der Waals surface area contributed by atoms with Crippen molar-refractivity contribution in [1.82, 2.24) is 5.32 Å². The molecule has 2 nitrogen and oxygen atoms in total. The zero-order chi connectivity index (χ0) is 13.3. The maximum absolute atomic E-state index is 5.75. The molecule has 2 fully saturated rings. The zero-order valence-electron chi connectivity index (χ0n) is 12.8. The first kappa shape index (κ1) is 15.3. The van der Waals surface area contributed by atoms with Gasteiger partial charge in [-0.25, -0.2) is 0 Å². The van der Waals surface area contributed by atoms with Gasteiger partial charge in [0.15, 0.2) is 0 Å². The van der Waals surface area contributed by atoms with Gasteiger partial charge in [0.1, 0.15) is 0 Å². The summed E-state index contributed by atoms with van der Waals surface area (Å²) in [5, 5.41) is 3.88. The van der Waals surface area contributed by atoms with Gasteiger partial charge in [-0.05, 0) is 50.5 Å². The van der Waals surface area contributed by atoms with E-state index < -0.39 is 0 Å². The van der Waals surface area contributed by atoms with E-state index in [4.69, 9.17) is 4.74 Å². The highest BCUT2D eigenvalue weighted by Crippen LogP contribution is 2.31. The maximum atomic E-state index is 5.75. The minimum atomic E-state index is 0.721. The van der Waals surface area contributed by atoms with Crippen LogP contribution in [0.1, 0.15) is 71.1 Å². The number of ether oxygens (including phenoxy) is 1. The molecule has 1 heterocycles. The normalized spacial score (nSPS) is 28.6. The van der Waals surface area contributed by atoms with Gasteiger partial charge in [-0.15, -0.1) is 0 Å². The largest absolute Gasteiger partial charge is 0.381 e. The SMILES string of the molecule is CCCNC(C1CCCCCCC1)C1CCCOC1. The summed E-state index contributed by atoms with van der Waals surface area (Å²) in [6, 6.07) is 0.721. The van der Waals surface area contributed by atoms with E-state index in [2.05, 4.69) is 12.2 Å². The summed E-state index contributed by atoms with van der Waals surface area (Å²) in [5.74, 6) is 1.67. The molecule has 0 aromatic carbocycles. The fourth-order valence-electron chi connectivity index (χ4n) is 3.92. The topological polar surface area (TPSA) is 21.3 Å². The second kappa shape index (κ2) is 8.97. The van der Waals surface area contributed by atoms with Crippen molar-refractivity contribution >= 4 is 0 Å². The number of rotatable bonds is 5. The molecule has 2 atom stereocenters. The van der Waals surface area contributed by atoms with Crippen LogP contribution in [-0.2, 0) is 4.74 Å². The van der Waals surface area contributed by atoms with Crippen molar-refractivity contribution in [2.45, 2.75) is 77.2 Å². The van der Waals surface area contributed by atoms with Gasteiger partial charge in [-0.3, -0.25) is 0 Å². The monoisotopic (exact) mass is 267 g/mol. The molecule has 0 amide bonds. The predicted molar refractivity (Wildman–Crippen MR) is 81.4 cm³/mol. The van der Waals surface area contributed by atoms with E-state index in [1.54, 1.807) is 0 Å². The molecule has 1 aliphatic heterocycles. The van der Waals surface area contributed by atoms with Crippen LogP contribution in [-0.4, -0.2) is 25.8 Å². The first-order chi connectivity index (χ1) is 9.42. The summed E-state index contributed by atoms with van der Waals surface area (Å²) in [7, 11) is 0. The first-order valence-electron chi connectivity index (χ1n) is 8.73. The molecular formula is C17H33NO. The molecule has 1 aliphatic carbocycles. The van der Waals surface area contributed by atoms with Gasteiger partial charge in [0.2, 0.25) is 0 Å². The van der Waals surface area contributed by atoms with Crippen molar-refractivity contribution in [2.24, 2.45) is 11.8 Å². The van der Waals surface area contributed by atoms with Crippen LogP contribution < -0.4 is 5.32 Å². The van der Waals surface area contributed by atoms with E-state index in [1.165, 1.54) is 70.8 Å². The Hall–Kier alpha value is -0.0800. The van der Waals surface area contributed by atoms with Crippen LogP contribution >= 0.6 is 0 Å². The van der Waals surface area contributed by atoms with Gasteiger partial charge in [0.05, 0.1) is 6.61 Å². The first-order valence-corrected chi connectivity index (χ1v) is 8.73. The molecule has 1 N–H and O–H groups in total. The lowest BCUT2D eigenvalue weighted by Crippen LogP contribution is -2.45. The average Bonchev–Trinajstić information content (AvgIpc) is 2.42. The lowest BCUT2D eigenvalue weighted by Gasteiger charge is -2.37. The molecule has 112 valence electrons. The molecule has 2 heteroatoms. The van der Waals surface area contributed by atoms with E-state index in [9.17, 15) is 0 Å². The second-order valence-electron chi connectivity index (χ2n) is 6.56. The smallest absolute Gasteiger partial charge is 0.0509 e. The van der Waals surface area contributed by atoms with Gasteiger partial charge in [-0.2, -0.15) is 0 Å². The molecule has 0 aromatic rings. The van der Waals surface area contributed by atoms with Gasteiger partial charge < -0.3 is 10.1 Å². The summed E-state index contributed by atoms with van der Waals surface area (Å²) in [5.41, 5.74) is 0. The van der Waals surface area contributed by atoms with Gasteiger partial charge in [0.25, 0.3) is 0 Å². The Morgan fingerprint density at radius 3 is 2.26 bits per heavy atom. The molecular weight excluding hydrogens is 234 g/mol. The molecule has 0 radical (unpaired) electrons. The Bertz CT molecular complexity index is 217. The maximum Gasteiger partial charge on any atom is 0.0509 e. The Morgan fingerprint density at radius 2 is 1.63 bits per heavy atom. The molecule has 0 spiro atoms. The van der Waals surface area contributed by atoms with Crippen molar-refractivity contribution in [2.75, 3.05) is 19.8 Å². The van der Waals surface area contributed by atoms with Crippen molar-refractivity contribution in [3.05, 3.63) is 0 Å². The summed E-state index contributed by atoms with van der Waals surface area (Å²) in [6.45, 7) is 5.44. The third kappa shape index (κ3) is 5.07. The van der Waals surface area contributed by atoms with Crippen LogP contribution in [0.3, 0.4) is 0 Å². The highest BCUT2D eigenvalue weighted by atomic mass is 16.5. The highest BCUT2D eigenvalue weighted by Gasteiger charge is 2.30. The molecule has 2 unspecified atom stereocenters. The molecule has 19 heavy (non-hydrogen) atoms. The van der Waals surface area contributed by atoms with Crippen LogP contribution in [0.2, 0.25) is 0 Å². The van der Waals surface area contributed by atoms with E-state index in [-0.39, 0.29) is 0 Å². The van der Waals surface area contributed by atoms with E-state index in [0.29, 0.717) is 0 Å². The third-order valence-electron chi connectivity index (χ3n) is 4.99. The summed E-state index contributed by atoms with van der Waals surface area (Å²) >= 11 is 0. The van der Waals surface area contributed by atoms with Gasteiger partial charge in [0, 0.05) is 12.6 Å². The molecule has 1 saturated heterocycles. The average molecular weight is 267 g/mol. The van der Waals surface area contributed by atoms with Crippen molar-refractivity contribution < 1.29 is 4.74 Å². The molecule has 0 bridgehead atoms. The summed E-state index contributed by atoms with van der Waals surface area (Å²) in [4.78, 5) is 0. The lowest BCUT2D eigenvalue weighted by atomic mass is 9.78. The molecule has 2 rings (SSSR count). The summed E-state index contributed by atoms with van der Waals surface area (Å²) < 4.78 is 5.75. The van der Waals surface area contributed by atoms with Crippen LogP contribution in [0, 0.1) is 11.8 Å². The van der Waals surface area contributed by atoms with Crippen LogP contribution in [0.4, 0.5) is 0 Å². The summed E-state index contributed by atoms with van der Waals surface area (Å²) in [6.07, 6.45) is 14.0. The van der Waals surface area contributed by atoms with Crippen molar-refractivity contribution in [1.29, 1.82) is 0 Å². The molecule has 0 aromatic heterocycles. The fraction of sp³-hybridized carbons (Fsp3) is 1.00. The number of hydrogen-bond acceptors (Lipinski definition) is 2. The third-order valence-corrected chi connectivity index (χ3v) is 4.99. The Kier molecular flexibility index (Phi) is 7.23. The van der Waals surface area contributed by atoms with Gasteiger partial charge >= 0.3 is 0 Å². The van der Waals surface area contributed by atoms with Crippen molar-refractivity contribution in [3.8, 4) is 0 Å². The zero-order valence-corrected chi connectivity index (χ0v) is 12.8. The molecule has 1 saturated carbocycles. The standard InChI is InChI=1S/C17H33NO/c1-2-12-18-17(16-11-8-13-19-14-16)15-9-6-4-3-5-7-10-15/h15-18H,2-14H2,1H3. The van der Waals surface area contributed by atoms with Gasteiger partial charge in [-0.1, -0.05) is 39.0 Å². The Balaban J connectivity index is 1.92. The Morgan fingerprint density at radius 1 is 0.947 bits per heavy atom. The highest BCUT2D eigenvalue weighted by molar-refractivity contribution is 4.85. The lowest BCUT2D eigenvalue weighted by molar-refractivity contribution is 0.0257. The number of nitrogens with one attached hydrogen (secondary N) is 1. The minimum absolute atomic E-state index is 0.721. The predicted octanol–water partition coefficient (Wildman–Crippen LogP) is 4.14. The van der Waals surface area contributed by atoms with E-state index in [0.717, 1.165) is 31.1 Å². The van der Waals surface area contributed by atoms with E-state index >= 15 is 0 Å². The fourth-order valence-corrected chi connectivity index (χ4v) is 3.92.